The molecule has 1 atom stereocenters. The van der Waals surface area contributed by atoms with E-state index in [1.165, 1.54) is 7.11 Å². The van der Waals surface area contributed by atoms with Gasteiger partial charge in [0.15, 0.2) is 0 Å². The first-order valence-corrected chi connectivity index (χ1v) is 7.52. The van der Waals surface area contributed by atoms with Gasteiger partial charge in [0.25, 0.3) is 5.91 Å². The first-order chi connectivity index (χ1) is 10.8. The number of hydrogen-bond donors (Lipinski definition) is 2. The van der Waals surface area contributed by atoms with Crippen molar-refractivity contribution < 1.29 is 24.2 Å². The van der Waals surface area contributed by atoms with Gasteiger partial charge in [-0.3, -0.25) is 9.59 Å². The number of methoxy groups -OCH3 is 1. The predicted molar refractivity (Wildman–Crippen MR) is 83.0 cm³/mol. The number of carbonyl (C=O) groups excluding carboxylic acids is 2. The van der Waals surface area contributed by atoms with Crippen LogP contribution in [0.25, 0.3) is 0 Å². The smallest absolute Gasteiger partial charge is 0.328 e. The molecule has 0 radical (unpaired) electrons. The lowest BCUT2D eigenvalue weighted by molar-refractivity contribution is -0.152. The van der Waals surface area contributed by atoms with E-state index in [2.05, 4.69) is 5.32 Å². The minimum Gasteiger partial charge on any atom is -0.481 e. The van der Waals surface area contributed by atoms with E-state index in [1.54, 1.807) is 12.1 Å². The summed E-state index contributed by atoms with van der Waals surface area (Å²) < 4.78 is 4.75. The summed E-state index contributed by atoms with van der Waals surface area (Å²) in [4.78, 5) is 35.3. The van der Waals surface area contributed by atoms with Crippen molar-refractivity contribution in [1.82, 2.24) is 5.32 Å². The van der Waals surface area contributed by atoms with Crippen molar-refractivity contribution in [1.29, 1.82) is 0 Å². The van der Waals surface area contributed by atoms with Crippen molar-refractivity contribution in [2.24, 2.45) is 11.8 Å². The highest BCUT2D eigenvalue weighted by atomic mass is 16.5. The largest absolute Gasteiger partial charge is 0.481 e. The molecule has 1 fully saturated rings. The average Bonchev–Trinajstić information content (AvgIpc) is 2.46. The van der Waals surface area contributed by atoms with Crippen molar-refractivity contribution >= 4 is 17.8 Å². The Bertz CT molecular complexity index is 634. The summed E-state index contributed by atoms with van der Waals surface area (Å²) in [6, 6.07) is 4.58. The van der Waals surface area contributed by atoms with Crippen LogP contribution >= 0.6 is 0 Å². The molecule has 2 rings (SSSR count). The zero-order valence-electron chi connectivity index (χ0n) is 13.5. The van der Waals surface area contributed by atoms with E-state index >= 15 is 0 Å². The van der Waals surface area contributed by atoms with Crippen molar-refractivity contribution in [3.63, 3.8) is 0 Å². The van der Waals surface area contributed by atoms with Crippen LogP contribution in [0.5, 0.6) is 0 Å². The summed E-state index contributed by atoms with van der Waals surface area (Å²) in [6.07, 6.45) is 0.727. The van der Waals surface area contributed by atoms with Crippen molar-refractivity contribution in [2.45, 2.75) is 32.7 Å². The number of amides is 1. The summed E-state index contributed by atoms with van der Waals surface area (Å²) in [7, 11) is 1.26. The summed E-state index contributed by atoms with van der Waals surface area (Å²) in [6.45, 7) is 3.76. The SMILES string of the molecule is COC(=O)C(NC(=O)c1cccc(C)c1C)C1CC(C(=O)O)C1. The lowest BCUT2D eigenvalue weighted by Gasteiger charge is -2.37. The maximum atomic E-state index is 12.5. The van der Waals surface area contributed by atoms with Gasteiger partial charge in [-0.05, 0) is 49.8 Å². The molecule has 6 nitrogen and oxygen atoms in total. The number of carboxylic acids is 1. The van der Waals surface area contributed by atoms with Crippen molar-refractivity contribution in [2.75, 3.05) is 7.11 Å². The second kappa shape index (κ2) is 6.81. The first kappa shape index (κ1) is 17.0. The minimum absolute atomic E-state index is 0.211. The number of ether oxygens (including phenoxy) is 1. The van der Waals surface area contributed by atoms with Crippen molar-refractivity contribution in [3.8, 4) is 0 Å². The Kier molecular flexibility index (Phi) is 5.03. The van der Waals surface area contributed by atoms with Gasteiger partial charge in [-0.25, -0.2) is 4.79 Å². The lowest BCUT2D eigenvalue weighted by Crippen LogP contribution is -2.51. The molecule has 1 aromatic carbocycles. The third kappa shape index (κ3) is 3.52. The molecule has 124 valence electrons. The van der Waals surface area contributed by atoms with Crippen LogP contribution in [0.3, 0.4) is 0 Å². The summed E-state index contributed by atoms with van der Waals surface area (Å²) >= 11 is 0. The molecule has 1 amide bonds. The fraction of sp³-hybridized carbons (Fsp3) is 0.471. The second-order valence-corrected chi connectivity index (χ2v) is 5.99. The molecule has 0 saturated heterocycles. The van der Waals surface area contributed by atoms with E-state index in [0.717, 1.165) is 11.1 Å². The molecule has 1 aliphatic rings. The average molecular weight is 319 g/mol. The zero-order valence-corrected chi connectivity index (χ0v) is 13.5. The lowest BCUT2D eigenvalue weighted by atomic mass is 9.71. The second-order valence-electron chi connectivity index (χ2n) is 5.99. The van der Waals surface area contributed by atoms with E-state index in [-0.39, 0.29) is 11.8 Å². The molecule has 1 aliphatic carbocycles. The van der Waals surface area contributed by atoms with E-state index in [4.69, 9.17) is 9.84 Å². The van der Waals surface area contributed by atoms with Crippen LogP contribution in [0.4, 0.5) is 0 Å². The van der Waals surface area contributed by atoms with Crippen LogP contribution in [0.2, 0.25) is 0 Å². The minimum atomic E-state index is -0.870. The highest BCUT2D eigenvalue weighted by Gasteiger charge is 2.43. The van der Waals surface area contributed by atoms with Gasteiger partial charge >= 0.3 is 11.9 Å². The van der Waals surface area contributed by atoms with E-state index in [9.17, 15) is 14.4 Å². The summed E-state index contributed by atoms with van der Waals surface area (Å²) in [5.74, 6) is -2.43. The fourth-order valence-corrected chi connectivity index (χ4v) is 2.85. The predicted octanol–water partition coefficient (Wildman–Crippen LogP) is 1.69. The first-order valence-electron chi connectivity index (χ1n) is 7.52. The molecule has 1 saturated carbocycles. The standard InChI is InChI=1S/C17H21NO5/c1-9-5-4-6-13(10(9)2)15(19)18-14(17(22)23-3)11-7-12(8-11)16(20)21/h4-6,11-12,14H,7-8H2,1-3H3,(H,18,19)(H,20,21). The fourth-order valence-electron chi connectivity index (χ4n) is 2.85. The number of benzene rings is 1. The van der Waals surface area contributed by atoms with Crippen LogP contribution in [0, 0.1) is 25.7 Å². The zero-order chi connectivity index (χ0) is 17.1. The van der Waals surface area contributed by atoms with E-state index in [0.29, 0.717) is 18.4 Å². The molecule has 1 unspecified atom stereocenters. The van der Waals surface area contributed by atoms with Gasteiger partial charge in [0.05, 0.1) is 13.0 Å². The van der Waals surface area contributed by atoms with Gasteiger partial charge in [0.1, 0.15) is 6.04 Å². The van der Waals surface area contributed by atoms with Crippen LogP contribution < -0.4 is 5.32 Å². The Morgan fingerprint density at radius 3 is 2.48 bits per heavy atom. The molecule has 0 bridgehead atoms. The van der Waals surface area contributed by atoms with Gasteiger partial charge in [-0.15, -0.1) is 0 Å². The van der Waals surface area contributed by atoms with Gasteiger partial charge in [0, 0.05) is 5.56 Å². The molecule has 2 N–H and O–H groups in total. The molecule has 6 heteroatoms. The van der Waals surface area contributed by atoms with Crippen LogP contribution in [-0.2, 0) is 14.3 Å². The van der Waals surface area contributed by atoms with Gasteiger partial charge in [0.2, 0.25) is 0 Å². The number of carboxylic acid groups (broad SMARTS) is 1. The molecule has 23 heavy (non-hydrogen) atoms. The Balaban J connectivity index is 2.12. The molecule has 0 spiro atoms. The van der Waals surface area contributed by atoms with E-state index < -0.39 is 23.9 Å². The van der Waals surface area contributed by atoms with Gasteiger partial charge in [-0.1, -0.05) is 12.1 Å². The van der Waals surface area contributed by atoms with Crippen molar-refractivity contribution in [3.05, 3.63) is 34.9 Å². The molecule has 1 aromatic rings. The highest BCUT2D eigenvalue weighted by molar-refractivity contribution is 5.98. The Morgan fingerprint density at radius 1 is 1.26 bits per heavy atom. The number of rotatable bonds is 5. The topological polar surface area (TPSA) is 92.7 Å². The summed E-state index contributed by atoms with van der Waals surface area (Å²) in [5, 5.41) is 11.7. The molecular formula is C17H21NO5. The van der Waals surface area contributed by atoms with Gasteiger partial charge in [-0.2, -0.15) is 0 Å². The quantitative estimate of drug-likeness (QED) is 0.806. The normalized spacial score (nSPS) is 21.0. The molecular weight excluding hydrogens is 298 g/mol. The van der Waals surface area contributed by atoms with Crippen LogP contribution in [-0.4, -0.2) is 36.1 Å². The van der Waals surface area contributed by atoms with Gasteiger partial charge < -0.3 is 15.2 Å². The summed E-state index contributed by atoms with van der Waals surface area (Å²) in [5.41, 5.74) is 2.35. The van der Waals surface area contributed by atoms with Crippen LogP contribution in [0.15, 0.2) is 18.2 Å². The number of carbonyl (C=O) groups is 3. The third-order valence-corrected chi connectivity index (χ3v) is 4.59. The number of aryl methyl sites for hydroxylation is 1. The molecule has 0 aromatic heterocycles. The number of esters is 1. The maximum absolute atomic E-state index is 12.5. The van der Waals surface area contributed by atoms with Crippen LogP contribution in [0.1, 0.15) is 34.3 Å². The van der Waals surface area contributed by atoms with E-state index in [1.807, 2.05) is 19.9 Å². The Labute approximate surface area is 134 Å². The molecule has 0 aliphatic heterocycles. The number of nitrogens with one attached hydrogen (secondary N) is 1. The maximum Gasteiger partial charge on any atom is 0.328 e. The highest BCUT2D eigenvalue weighted by Crippen LogP contribution is 2.36. The number of hydrogen-bond acceptors (Lipinski definition) is 4. The molecule has 0 heterocycles. The number of aliphatic carboxylic acids is 1. The Morgan fingerprint density at radius 2 is 1.91 bits per heavy atom. The third-order valence-electron chi connectivity index (χ3n) is 4.59. The Hall–Kier alpha value is -2.37. The monoisotopic (exact) mass is 319 g/mol.